The number of hydrogen-bond donors (Lipinski definition) is 3. The van der Waals surface area contributed by atoms with Gasteiger partial charge in [-0.25, -0.2) is 4.79 Å². The summed E-state index contributed by atoms with van der Waals surface area (Å²) in [7, 11) is 10.5. The highest BCUT2D eigenvalue weighted by Crippen LogP contribution is 2.25. The first-order valence-electron chi connectivity index (χ1n) is 13.7. The van der Waals surface area contributed by atoms with E-state index in [-0.39, 0.29) is 17.7 Å². The predicted molar refractivity (Wildman–Crippen MR) is 165 cm³/mol. The molecular weight excluding hydrogens is 550 g/mol. The average molecular weight is 588 g/mol. The lowest BCUT2D eigenvalue weighted by molar-refractivity contribution is -0.116. The Hall–Kier alpha value is -5.10. The lowest BCUT2D eigenvalue weighted by Crippen LogP contribution is -2.17. The van der Waals surface area contributed by atoms with Crippen LogP contribution in [0.5, 0.6) is 0 Å². The number of methoxy groups -OCH3 is 1. The topological polar surface area (TPSA) is 132 Å². The monoisotopic (exact) mass is 587 g/mol. The number of nitrogens with one attached hydrogen (secondary N) is 3. The quantitative estimate of drug-likeness (QED) is 0.228. The van der Waals surface area contributed by atoms with Crippen LogP contribution in [-0.2, 0) is 30.7 Å². The summed E-state index contributed by atoms with van der Waals surface area (Å²) in [6, 6.07) is 12.2. The van der Waals surface area contributed by atoms with Gasteiger partial charge in [-0.15, -0.1) is 0 Å². The maximum atomic E-state index is 13.0. The maximum Gasteiger partial charge on any atom is 0.354 e. The molecule has 12 heteroatoms. The van der Waals surface area contributed by atoms with Crippen molar-refractivity contribution in [3.63, 3.8) is 0 Å². The molecule has 0 aliphatic rings. The van der Waals surface area contributed by atoms with E-state index in [0.29, 0.717) is 40.6 Å². The van der Waals surface area contributed by atoms with Crippen LogP contribution >= 0.6 is 0 Å². The second kappa shape index (κ2) is 13.3. The molecule has 0 unspecified atom stereocenters. The molecule has 3 N–H and O–H groups in total. The number of aromatic nitrogens is 3. The summed E-state index contributed by atoms with van der Waals surface area (Å²) in [6.45, 7) is 0.813. The summed E-state index contributed by atoms with van der Waals surface area (Å²) in [4.78, 5) is 52.2. The molecule has 12 nitrogen and oxygen atoms in total. The fourth-order valence-electron chi connectivity index (χ4n) is 4.66. The summed E-state index contributed by atoms with van der Waals surface area (Å²) in [5, 5.41) is 8.53. The highest BCUT2D eigenvalue weighted by Gasteiger charge is 2.18. The number of hydrogen-bond acceptors (Lipinski definition) is 6. The summed E-state index contributed by atoms with van der Waals surface area (Å²) < 4.78 is 9.78. The smallest absolute Gasteiger partial charge is 0.354 e. The van der Waals surface area contributed by atoms with E-state index < -0.39 is 5.97 Å². The first-order valence-corrected chi connectivity index (χ1v) is 13.7. The molecule has 0 aliphatic heterocycles. The molecule has 0 aliphatic carbocycles. The standard InChI is InChI=1S/C31H37N7O5/c1-35(2)13-7-8-28(39)32-23-15-25(37(4)18-23)30(41)34-24-16-26(38(5)19-24)29(40)33-22-11-9-20(10-12-22)21-14-27(31(42)43-6)36(3)17-21/h9-12,14-19H,7-8,13H2,1-6H3,(H,32,39)(H,33,40)(H,34,41). The SMILES string of the molecule is COC(=O)c1cc(-c2ccc(NC(=O)c3cc(NC(=O)c4cc(NC(=O)CCCN(C)C)cn4C)cn3C)cc2)cn1C. The highest BCUT2D eigenvalue weighted by molar-refractivity contribution is 6.07. The second-order valence-electron chi connectivity index (χ2n) is 10.6. The van der Waals surface area contributed by atoms with Gasteiger partial charge in [0.2, 0.25) is 5.91 Å². The van der Waals surface area contributed by atoms with Crippen LogP contribution in [0.3, 0.4) is 0 Å². The minimum Gasteiger partial charge on any atom is -0.464 e. The van der Waals surface area contributed by atoms with Crippen LogP contribution in [0, 0.1) is 0 Å². The second-order valence-corrected chi connectivity index (χ2v) is 10.6. The largest absolute Gasteiger partial charge is 0.464 e. The summed E-state index contributed by atoms with van der Waals surface area (Å²) >= 11 is 0. The van der Waals surface area contributed by atoms with Crippen molar-refractivity contribution in [1.29, 1.82) is 0 Å². The van der Waals surface area contributed by atoms with Gasteiger partial charge in [0.05, 0.1) is 18.5 Å². The van der Waals surface area contributed by atoms with Crippen molar-refractivity contribution in [2.24, 2.45) is 21.1 Å². The normalized spacial score (nSPS) is 11.0. The van der Waals surface area contributed by atoms with Gasteiger partial charge in [-0.05, 0) is 63.0 Å². The molecule has 4 aromatic rings. The number of aryl methyl sites for hydroxylation is 3. The van der Waals surface area contributed by atoms with E-state index in [1.165, 1.54) is 7.11 Å². The van der Waals surface area contributed by atoms with Gasteiger partial charge in [0.25, 0.3) is 11.8 Å². The van der Waals surface area contributed by atoms with E-state index in [1.54, 1.807) is 77.6 Å². The Bertz CT molecular complexity index is 1640. The van der Waals surface area contributed by atoms with Crippen molar-refractivity contribution in [1.82, 2.24) is 18.6 Å². The predicted octanol–water partition coefficient (Wildman–Crippen LogP) is 3.94. The number of benzene rings is 1. The maximum absolute atomic E-state index is 13.0. The minimum atomic E-state index is -0.417. The molecule has 0 fully saturated rings. The summed E-state index contributed by atoms with van der Waals surface area (Å²) in [6.07, 6.45) is 6.30. The van der Waals surface area contributed by atoms with Gasteiger partial charge in [0.1, 0.15) is 17.1 Å². The highest BCUT2D eigenvalue weighted by atomic mass is 16.5. The number of ether oxygens (including phenoxy) is 1. The molecule has 3 amide bonds. The van der Waals surface area contributed by atoms with E-state index in [1.807, 2.05) is 37.3 Å². The minimum absolute atomic E-state index is 0.111. The Morgan fingerprint density at radius 3 is 1.79 bits per heavy atom. The number of rotatable bonds is 11. The average Bonchev–Trinajstić information content (AvgIpc) is 3.64. The van der Waals surface area contributed by atoms with Gasteiger partial charge >= 0.3 is 5.97 Å². The molecule has 0 spiro atoms. The van der Waals surface area contributed by atoms with Crippen molar-refractivity contribution in [2.45, 2.75) is 12.8 Å². The summed E-state index contributed by atoms with van der Waals surface area (Å²) in [5.74, 6) is -1.25. The molecule has 4 rings (SSSR count). The van der Waals surface area contributed by atoms with E-state index in [9.17, 15) is 19.2 Å². The van der Waals surface area contributed by atoms with Crippen LogP contribution < -0.4 is 16.0 Å². The van der Waals surface area contributed by atoms with Gasteiger partial charge in [0, 0.05) is 57.4 Å². The van der Waals surface area contributed by atoms with Gasteiger partial charge in [-0.1, -0.05) is 12.1 Å². The lowest BCUT2D eigenvalue weighted by atomic mass is 10.1. The molecule has 0 saturated carbocycles. The Balaban J connectivity index is 1.37. The molecule has 0 radical (unpaired) electrons. The zero-order chi connectivity index (χ0) is 31.3. The van der Waals surface area contributed by atoms with Crippen LogP contribution in [0.15, 0.2) is 61.1 Å². The van der Waals surface area contributed by atoms with Crippen molar-refractivity contribution in [3.8, 4) is 11.1 Å². The Labute approximate surface area is 250 Å². The van der Waals surface area contributed by atoms with Crippen LogP contribution in [0.1, 0.15) is 44.3 Å². The number of carbonyl (C=O) groups is 4. The van der Waals surface area contributed by atoms with Crippen LogP contribution in [-0.4, -0.2) is 70.0 Å². The first kappa shape index (κ1) is 30.8. The number of carbonyl (C=O) groups excluding carboxylic acids is 4. The Morgan fingerprint density at radius 1 is 0.698 bits per heavy atom. The third kappa shape index (κ3) is 7.60. The van der Waals surface area contributed by atoms with Gasteiger partial charge in [0.15, 0.2) is 0 Å². The first-order chi connectivity index (χ1) is 20.4. The van der Waals surface area contributed by atoms with Crippen molar-refractivity contribution in [2.75, 3.05) is 43.7 Å². The molecule has 3 aromatic heterocycles. The molecule has 0 bridgehead atoms. The van der Waals surface area contributed by atoms with Crippen molar-refractivity contribution >= 4 is 40.8 Å². The molecular formula is C31H37N7O5. The van der Waals surface area contributed by atoms with E-state index in [2.05, 4.69) is 16.0 Å². The van der Waals surface area contributed by atoms with Gasteiger partial charge < -0.3 is 39.3 Å². The van der Waals surface area contributed by atoms with Gasteiger partial charge in [-0.2, -0.15) is 0 Å². The third-order valence-electron chi connectivity index (χ3n) is 6.90. The summed E-state index contributed by atoms with van der Waals surface area (Å²) in [5.41, 5.74) is 4.44. The fraction of sp³-hybridized carbons (Fsp3) is 0.290. The molecule has 226 valence electrons. The molecule has 0 saturated heterocycles. The van der Waals surface area contributed by atoms with Gasteiger partial charge in [-0.3, -0.25) is 14.4 Å². The van der Waals surface area contributed by atoms with Crippen molar-refractivity contribution in [3.05, 3.63) is 78.1 Å². The zero-order valence-electron chi connectivity index (χ0n) is 25.2. The van der Waals surface area contributed by atoms with Crippen molar-refractivity contribution < 1.29 is 23.9 Å². The molecule has 43 heavy (non-hydrogen) atoms. The zero-order valence-corrected chi connectivity index (χ0v) is 25.2. The number of anilines is 3. The molecule has 1 aromatic carbocycles. The van der Waals surface area contributed by atoms with E-state index >= 15 is 0 Å². The van der Waals surface area contributed by atoms with Crippen LogP contribution in [0.4, 0.5) is 17.1 Å². The molecule has 0 atom stereocenters. The number of amides is 3. The lowest BCUT2D eigenvalue weighted by Gasteiger charge is -2.08. The molecule has 3 heterocycles. The van der Waals surface area contributed by atoms with E-state index in [4.69, 9.17) is 4.74 Å². The van der Waals surface area contributed by atoms with Crippen LogP contribution in [0.25, 0.3) is 11.1 Å². The third-order valence-corrected chi connectivity index (χ3v) is 6.90. The Kier molecular flexibility index (Phi) is 9.51. The fourth-order valence-corrected chi connectivity index (χ4v) is 4.66. The number of nitrogens with zero attached hydrogens (tertiary/aromatic N) is 4. The Morgan fingerprint density at radius 2 is 1.23 bits per heavy atom. The van der Waals surface area contributed by atoms with Crippen LogP contribution in [0.2, 0.25) is 0 Å². The van der Waals surface area contributed by atoms with E-state index in [0.717, 1.165) is 24.1 Å². The number of esters is 1.